The fraction of sp³-hybridized carbons (Fsp3) is 0.400. The Bertz CT molecular complexity index is 864. The van der Waals surface area contributed by atoms with Gasteiger partial charge < -0.3 is 19.5 Å². The Morgan fingerprint density at radius 2 is 1.90 bits per heavy atom. The fourth-order valence-electron chi connectivity index (χ4n) is 3.32. The third-order valence-electron chi connectivity index (χ3n) is 4.98. The molecule has 1 aliphatic rings. The van der Waals surface area contributed by atoms with Crippen molar-refractivity contribution in [2.75, 3.05) is 43.1 Å². The first-order valence-corrected chi connectivity index (χ1v) is 11.0. The Hall–Kier alpha value is -3.01. The van der Waals surface area contributed by atoms with Crippen LogP contribution in [0.2, 0.25) is 0 Å². The number of piperazine rings is 1. The maximum atomic E-state index is 13.0. The van der Waals surface area contributed by atoms with E-state index in [1.807, 2.05) is 6.26 Å². The normalized spacial score (nSPS) is 15.0. The lowest BCUT2D eigenvalue weighted by Gasteiger charge is -2.37. The van der Waals surface area contributed by atoms with Gasteiger partial charge in [-0.25, -0.2) is 0 Å². The van der Waals surface area contributed by atoms with E-state index in [1.165, 1.54) is 18.4 Å². The molecular weight excluding hydrogens is 408 g/mol. The molecule has 10 heteroatoms. The lowest BCUT2D eigenvalue weighted by molar-refractivity contribution is -0.384. The first kappa shape index (κ1) is 21.7. The Morgan fingerprint density at radius 3 is 2.47 bits per heavy atom. The molecule has 2 heterocycles. The summed E-state index contributed by atoms with van der Waals surface area (Å²) in [6, 6.07) is 8.99. The maximum absolute atomic E-state index is 13.0. The first-order chi connectivity index (χ1) is 14.5. The van der Waals surface area contributed by atoms with E-state index in [4.69, 9.17) is 4.42 Å². The molecule has 0 aliphatic carbocycles. The molecule has 0 spiro atoms. The molecule has 1 aromatic heterocycles. The molecule has 3 rings (SSSR count). The summed E-state index contributed by atoms with van der Waals surface area (Å²) in [6.45, 7) is 2.26. The summed E-state index contributed by atoms with van der Waals surface area (Å²) in [6.07, 6.45) is 3.92. The maximum Gasteiger partial charge on any atom is 0.287 e. The van der Waals surface area contributed by atoms with Crippen LogP contribution in [0, 0.1) is 10.1 Å². The van der Waals surface area contributed by atoms with Crippen LogP contribution in [0.3, 0.4) is 0 Å². The predicted molar refractivity (Wildman–Crippen MR) is 115 cm³/mol. The van der Waals surface area contributed by atoms with Crippen LogP contribution in [-0.4, -0.2) is 65.9 Å². The zero-order valence-electron chi connectivity index (χ0n) is 16.7. The number of thioether (sulfide) groups is 1. The molecule has 1 aliphatic heterocycles. The molecule has 9 nitrogen and oxygen atoms in total. The van der Waals surface area contributed by atoms with E-state index in [1.54, 1.807) is 40.9 Å². The van der Waals surface area contributed by atoms with E-state index in [0.29, 0.717) is 32.6 Å². The number of non-ortho nitro benzene ring substituents is 1. The van der Waals surface area contributed by atoms with Crippen LogP contribution in [0.4, 0.5) is 11.4 Å². The van der Waals surface area contributed by atoms with Gasteiger partial charge in [-0.15, -0.1) is 0 Å². The van der Waals surface area contributed by atoms with Crippen molar-refractivity contribution < 1.29 is 18.9 Å². The minimum atomic E-state index is -0.610. The van der Waals surface area contributed by atoms with E-state index < -0.39 is 16.9 Å². The Morgan fingerprint density at radius 1 is 1.20 bits per heavy atom. The van der Waals surface area contributed by atoms with Crippen LogP contribution in [-0.2, 0) is 4.79 Å². The average Bonchev–Trinajstić information content (AvgIpc) is 3.31. The molecule has 1 atom stereocenters. The van der Waals surface area contributed by atoms with Crippen LogP contribution < -0.4 is 10.2 Å². The van der Waals surface area contributed by atoms with Gasteiger partial charge in [0.15, 0.2) is 5.76 Å². The molecule has 0 radical (unpaired) electrons. The number of hydrogen-bond donors (Lipinski definition) is 1. The second-order valence-corrected chi connectivity index (χ2v) is 7.86. The summed E-state index contributed by atoms with van der Waals surface area (Å²) in [5.41, 5.74) is 0.939. The van der Waals surface area contributed by atoms with Gasteiger partial charge in [0.1, 0.15) is 6.04 Å². The quantitative estimate of drug-likeness (QED) is 0.504. The van der Waals surface area contributed by atoms with Crippen molar-refractivity contribution in [2.24, 2.45) is 0 Å². The summed E-state index contributed by atoms with van der Waals surface area (Å²) >= 11 is 1.62. The van der Waals surface area contributed by atoms with E-state index in [0.717, 1.165) is 11.4 Å². The van der Waals surface area contributed by atoms with Crippen molar-refractivity contribution in [3.05, 3.63) is 58.5 Å². The Labute approximate surface area is 178 Å². The van der Waals surface area contributed by atoms with Crippen molar-refractivity contribution >= 4 is 35.0 Å². The van der Waals surface area contributed by atoms with E-state index in [9.17, 15) is 19.7 Å². The van der Waals surface area contributed by atoms with Gasteiger partial charge in [0.2, 0.25) is 5.91 Å². The highest BCUT2D eigenvalue weighted by Crippen LogP contribution is 2.21. The topological polar surface area (TPSA) is 109 Å². The van der Waals surface area contributed by atoms with Crippen molar-refractivity contribution in [1.82, 2.24) is 10.2 Å². The molecule has 1 fully saturated rings. The molecule has 30 heavy (non-hydrogen) atoms. The van der Waals surface area contributed by atoms with Crippen LogP contribution in [0.5, 0.6) is 0 Å². The van der Waals surface area contributed by atoms with Gasteiger partial charge in [0, 0.05) is 44.0 Å². The number of nitro groups is 1. The number of nitrogens with one attached hydrogen (secondary N) is 1. The van der Waals surface area contributed by atoms with Gasteiger partial charge >= 0.3 is 0 Å². The molecule has 1 unspecified atom stereocenters. The highest BCUT2D eigenvalue weighted by Gasteiger charge is 2.29. The number of anilines is 1. The largest absolute Gasteiger partial charge is 0.459 e. The molecule has 2 aromatic rings. The summed E-state index contributed by atoms with van der Waals surface area (Å²) in [7, 11) is 0. The molecule has 1 aromatic carbocycles. The molecule has 2 amide bonds. The first-order valence-electron chi connectivity index (χ1n) is 9.61. The number of amides is 2. The van der Waals surface area contributed by atoms with Gasteiger partial charge in [0.05, 0.1) is 11.2 Å². The SMILES string of the molecule is CSCCC(NC(=O)c1ccco1)C(=O)N1CCN(c2ccc([N+](=O)[O-])cc2)CC1. The molecule has 0 bridgehead atoms. The van der Waals surface area contributed by atoms with Crippen molar-refractivity contribution in [1.29, 1.82) is 0 Å². The van der Waals surface area contributed by atoms with E-state index in [-0.39, 0.29) is 17.4 Å². The summed E-state index contributed by atoms with van der Waals surface area (Å²) in [5, 5.41) is 13.6. The number of carbonyl (C=O) groups is 2. The number of nitro benzene ring substituents is 1. The lowest BCUT2D eigenvalue weighted by Crippen LogP contribution is -2.55. The number of rotatable bonds is 8. The van der Waals surface area contributed by atoms with E-state index >= 15 is 0 Å². The summed E-state index contributed by atoms with van der Waals surface area (Å²) in [4.78, 5) is 39.6. The van der Waals surface area contributed by atoms with Crippen molar-refractivity contribution in [2.45, 2.75) is 12.5 Å². The smallest absolute Gasteiger partial charge is 0.287 e. The summed E-state index contributed by atoms with van der Waals surface area (Å²) < 4.78 is 5.12. The zero-order valence-corrected chi connectivity index (χ0v) is 17.5. The summed E-state index contributed by atoms with van der Waals surface area (Å²) in [5.74, 6) is 0.425. The molecular formula is C20H24N4O5S. The van der Waals surface area contributed by atoms with Crippen LogP contribution in [0.1, 0.15) is 17.0 Å². The third-order valence-corrected chi connectivity index (χ3v) is 5.62. The molecule has 160 valence electrons. The van der Waals surface area contributed by atoms with Gasteiger partial charge in [-0.1, -0.05) is 0 Å². The molecule has 0 saturated carbocycles. The lowest BCUT2D eigenvalue weighted by atomic mass is 10.1. The van der Waals surface area contributed by atoms with Gasteiger partial charge in [-0.3, -0.25) is 19.7 Å². The van der Waals surface area contributed by atoms with Crippen molar-refractivity contribution in [3.8, 4) is 0 Å². The van der Waals surface area contributed by atoms with Gasteiger partial charge in [0.25, 0.3) is 11.6 Å². The Balaban J connectivity index is 1.59. The third kappa shape index (κ3) is 5.32. The average molecular weight is 433 g/mol. The highest BCUT2D eigenvalue weighted by molar-refractivity contribution is 7.98. The number of nitrogens with zero attached hydrogens (tertiary/aromatic N) is 3. The molecule has 1 N–H and O–H groups in total. The highest BCUT2D eigenvalue weighted by atomic mass is 32.2. The fourth-order valence-corrected chi connectivity index (χ4v) is 3.79. The van der Waals surface area contributed by atoms with Crippen molar-refractivity contribution in [3.63, 3.8) is 0 Å². The standard InChI is InChI=1S/C20H24N4O5S/c1-30-14-8-17(21-19(25)18-3-2-13-29-18)20(26)23-11-9-22(10-12-23)15-4-6-16(7-5-15)24(27)28/h2-7,13,17H,8-12,14H2,1H3,(H,21,25). The van der Waals surface area contributed by atoms with Gasteiger partial charge in [-0.05, 0) is 42.7 Å². The monoisotopic (exact) mass is 432 g/mol. The van der Waals surface area contributed by atoms with Crippen LogP contribution in [0.25, 0.3) is 0 Å². The van der Waals surface area contributed by atoms with Gasteiger partial charge in [-0.2, -0.15) is 11.8 Å². The minimum absolute atomic E-state index is 0.0523. The van der Waals surface area contributed by atoms with Crippen LogP contribution in [0.15, 0.2) is 47.1 Å². The van der Waals surface area contributed by atoms with Crippen LogP contribution >= 0.6 is 11.8 Å². The molecule has 1 saturated heterocycles. The zero-order chi connectivity index (χ0) is 21.5. The second kappa shape index (κ2) is 10.1. The number of furan rings is 1. The number of benzene rings is 1. The number of hydrogen-bond acceptors (Lipinski definition) is 7. The second-order valence-electron chi connectivity index (χ2n) is 6.87. The Kier molecular flexibility index (Phi) is 7.34. The van der Waals surface area contributed by atoms with E-state index in [2.05, 4.69) is 10.2 Å². The number of carbonyl (C=O) groups excluding carboxylic acids is 2. The minimum Gasteiger partial charge on any atom is -0.459 e. The predicted octanol–water partition coefficient (Wildman–Crippen LogP) is 2.39.